The number of hydrogen-bond donors (Lipinski definition) is 1. The van der Waals surface area contributed by atoms with Gasteiger partial charge in [0.1, 0.15) is 11.9 Å². The Bertz CT molecular complexity index is 815. The number of carbonyl (C=O) groups excluding carboxylic acids is 2. The van der Waals surface area contributed by atoms with Crippen LogP contribution in [0, 0.1) is 6.92 Å². The van der Waals surface area contributed by atoms with Gasteiger partial charge in [-0.05, 0) is 32.4 Å². The molecule has 138 valence electrons. The standard InChI is InChI=1S/C19H25N5O2/c1-5-16-13(2)17(24(21-16)15-9-7-6-8-10-15)20-19(26)23-12-11-22(4)18(25)14(23)3/h6-10,14H,5,11-12H2,1-4H3,(H,20,26)/t14-/m0/s1. The van der Waals surface area contributed by atoms with Crippen LogP contribution in [0.1, 0.15) is 25.1 Å². The molecule has 7 heteroatoms. The van der Waals surface area contributed by atoms with Crippen molar-refractivity contribution < 1.29 is 9.59 Å². The number of aryl methyl sites for hydroxylation is 1. The molecule has 0 bridgehead atoms. The van der Waals surface area contributed by atoms with Crippen molar-refractivity contribution in [2.24, 2.45) is 0 Å². The molecule has 1 fully saturated rings. The van der Waals surface area contributed by atoms with E-state index in [0.717, 1.165) is 23.4 Å². The number of rotatable bonds is 3. The van der Waals surface area contributed by atoms with Gasteiger partial charge in [-0.25, -0.2) is 9.48 Å². The molecule has 0 spiro atoms. The number of aromatic nitrogens is 2. The molecule has 2 heterocycles. The fourth-order valence-corrected chi connectivity index (χ4v) is 3.24. The highest BCUT2D eigenvalue weighted by Gasteiger charge is 2.33. The zero-order valence-corrected chi connectivity index (χ0v) is 15.7. The normalized spacial score (nSPS) is 17.5. The Morgan fingerprint density at radius 3 is 2.62 bits per heavy atom. The van der Waals surface area contributed by atoms with Crippen molar-refractivity contribution in [3.05, 3.63) is 41.6 Å². The second-order valence-corrected chi connectivity index (χ2v) is 6.58. The van der Waals surface area contributed by atoms with Crippen LogP contribution in [-0.2, 0) is 11.2 Å². The van der Waals surface area contributed by atoms with Crippen LogP contribution in [0.5, 0.6) is 0 Å². The lowest BCUT2D eigenvalue weighted by molar-refractivity contribution is -0.137. The van der Waals surface area contributed by atoms with Gasteiger partial charge >= 0.3 is 6.03 Å². The smallest absolute Gasteiger partial charge is 0.323 e. The summed E-state index contributed by atoms with van der Waals surface area (Å²) in [4.78, 5) is 28.3. The van der Waals surface area contributed by atoms with Crippen LogP contribution < -0.4 is 5.32 Å². The third kappa shape index (κ3) is 3.16. The van der Waals surface area contributed by atoms with Gasteiger partial charge in [-0.3, -0.25) is 10.1 Å². The zero-order valence-electron chi connectivity index (χ0n) is 15.7. The number of nitrogens with one attached hydrogen (secondary N) is 1. The Morgan fingerprint density at radius 2 is 1.96 bits per heavy atom. The van der Waals surface area contributed by atoms with E-state index in [1.165, 1.54) is 0 Å². The fourth-order valence-electron chi connectivity index (χ4n) is 3.24. The predicted molar refractivity (Wildman–Crippen MR) is 101 cm³/mol. The summed E-state index contributed by atoms with van der Waals surface area (Å²) in [7, 11) is 1.76. The summed E-state index contributed by atoms with van der Waals surface area (Å²) in [6, 6.07) is 8.95. The molecule has 0 aliphatic carbocycles. The molecule has 3 amide bonds. The van der Waals surface area contributed by atoms with Crippen LogP contribution in [-0.4, -0.2) is 57.7 Å². The molecule has 1 aromatic heterocycles. The Balaban J connectivity index is 1.91. The number of urea groups is 1. The molecule has 3 rings (SSSR count). The summed E-state index contributed by atoms with van der Waals surface area (Å²) >= 11 is 0. The number of piperazine rings is 1. The van der Waals surface area contributed by atoms with Gasteiger partial charge in [-0.1, -0.05) is 25.1 Å². The van der Waals surface area contributed by atoms with E-state index in [-0.39, 0.29) is 11.9 Å². The van der Waals surface area contributed by atoms with Crippen molar-refractivity contribution in [1.82, 2.24) is 19.6 Å². The molecule has 1 aliphatic rings. The highest BCUT2D eigenvalue weighted by Crippen LogP contribution is 2.24. The van der Waals surface area contributed by atoms with Gasteiger partial charge in [-0.2, -0.15) is 5.10 Å². The molecular formula is C19H25N5O2. The summed E-state index contributed by atoms with van der Waals surface area (Å²) in [5.74, 6) is 0.602. The fraction of sp³-hybridized carbons (Fsp3) is 0.421. The number of anilines is 1. The van der Waals surface area contributed by atoms with E-state index in [4.69, 9.17) is 0 Å². The zero-order chi connectivity index (χ0) is 18.8. The summed E-state index contributed by atoms with van der Waals surface area (Å²) in [5.41, 5.74) is 2.76. The minimum absolute atomic E-state index is 0.0473. The topological polar surface area (TPSA) is 70.5 Å². The summed E-state index contributed by atoms with van der Waals surface area (Å²) < 4.78 is 1.76. The van der Waals surface area contributed by atoms with Gasteiger partial charge in [0.15, 0.2) is 0 Å². The molecule has 1 atom stereocenters. The second-order valence-electron chi connectivity index (χ2n) is 6.58. The van der Waals surface area contributed by atoms with Gasteiger partial charge in [0.25, 0.3) is 0 Å². The van der Waals surface area contributed by atoms with Crippen LogP contribution in [0.15, 0.2) is 30.3 Å². The van der Waals surface area contributed by atoms with E-state index < -0.39 is 6.04 Å². The lowest BCUT2D eigenvalue weighted by Crippen LogP contribution is -2.57. The van der Waals surface area contributed by atoms with E-state index in [0.29, 0.717) is 18.9 Å². The molecule has 26 heavy (non-hydrogen) atoms. The minimum Gasteiger partial charge on any atom is -0.342 e. The lowest BCUT2D eigenvalue weighted by Gasteiger charge is -2.37. The van der Waals surface area contributed by atoms with Crippen molar-refractivity contribution in [2.45, 2.75) is 33.2 Å². The van der Waals surface area contributed by atoms with Crippen molar-refractivity contribution in [1.29, 1.82) is 0 Å². The molecule has 0 unspecified atom stereocenters. The SMILES string of the molecule is CCc1nn(-c2ccccc2)c(NC(=O)N2CCN(C)C(=O)[C@@H]2C)c1C. The van der Waals surface area contributed by atoms with Gasteiger partial charge in [0, 0.05) is 25.7 Å². The average Bonchev–Trinajstić information content (AvgIpc) is 2.96. The van der Waals surface area contributed by atoms with Crippen LogP contribution >= 0.6 is 0 Å². The Morgan fingerprint density at radius 1 is 1.27 bits per heavy atom. The summed E-state index contributed by atoms with van der Waals surface area (Å²) in [5, 5.41) is 7.64. The predicted octanol–water partition coefficient (Wildman–Crippen LogP) is 2.44. The van der Waals surface area contributed by atoms with Crippen LogP contribution in [0.25, 0.3) is 5.69 Å². The van der Waals surface area contributed by atoms with Crippen molar-refractivity contribution in [2.75, 3.05) is 25.5 Å². The maximum absolute atomic E-state index is 12.9. The second kappa shape index (κ2) is 7.19. The highest BCUT2D eigenvalue weighted by atomic mass is 16.2. The number of carbonyl (C=O) groups is 2. The molecule has 2 aromatic rings. The number of para-hydroxylation sites is 1. The third-order valence-corrected chi connectivity index (χ3v) is 4.92. The number of amides is 3. The average molecular weight is 355 g/mol. The Kier molecular flexibility index (Phi) is 4.97. The molecule has 0 saturated carbocycles. The largest absolute Gasteiger partial charge is 0.342 e. The molecule has 1 N–H and O–H groups in total. The van der Waals surface area contributed by atoms with Crippen molar-refractivity contribution >= 4 is 17.8 Å². The van der Waals surface area contributed by atoms with Crippen molar-refractivity contribution in [3.63, 3.8) is 0 Å². The van der Waals surface area contributed by atoms with Gasteiger partial charge in [0.05, 0.1) is 11.4 Å². The number of likely N-dealkylation sites (N-methyl/N-ethyl adjacent to an activating group) is 1. The van der Waals surface area contributed by atoms with Gasteiger partial charge in [0.2, 0.25) is 5.91 Å². The molecule has 1 aromatic carbocycles. The van der Waals surface area contributed by atoms with Crippen LogP contribution in [0.2, 0.25) is 0 Å². The quantitative estimate of drug-likeness (QED) is 0.919. The number of benzene rings is 1. The highest BCUT2D eigenvalue weighted by molar-refractivity contribution is 5.94. The minimum atomic E-state index is -0.479. The number of nitrogens with zero attached hydrogens (tertiary/aromatic N) is 4. The van der Waals surface area contributed by atoms with E-state index in [1.54, 1.807) is 28.5 Å². The Labute approximate surface area is 153 Å². The van der Waals surface area contributed by atoms with E-state index in [9.17, 15) is 9.59 Å². The summed E-state index contributed by atoms with van der Waals surface area (Å²) in [6.45, 7) is 6.80. The maximum Gasteiger partial charge on any atom is 0.323 e. The van der Waals surface area contributed by atoms with Crippen LogP contribution in [0.3, 0.4) is 0 Å². The van der Waals surface area contributed by atoms with E-state index in [2.05, 4.69) is 10.4 Å². The first-order chi connectivity index (χ1) is 12.4. The summed E-state index contributed by atoms with van der Waals surface area (Å²) in [6.07, 6.45) is 0.776. The molecular weight excluding hydrogens is 330 g/mol. The first kappa shape index (κ1) is 18.0. The van der Waals surface area contributed by atoms with Crippen molar-refractivity contribution in [3.8, 4) is 5.69 Å². The third-order valence-electron chi connectivity index (χ3n) is 4.92. The number of hydrogen-bond acceptors (Lipinski definition) is 3. The Hall–Kier alpha value is -2.83. The van der Waals surface area contributed by atoms with E-state index in [1.807, 2.05) is 44.2 Å². The van der Waals surface area contributed by atoms with E-state index >= 15 is 0 Å². The molecule has 1 aliphatic heterocycles. The van der Waals surface area contributed by atoms with Gasteiger partial charge in [-0.15, -0.1) is 0 Å². The first-order valence-corrected chi connectivity index (χ1v) is 8.90. The maximum atomic E-state index is 12.9. The molecule has 1 saturated heterocycles. The molecule has 0 radical (unpaired) electrons. The van der Waals surface area contributed by atoms with Crippen LogP contribution in [0.4, 0.5) is 10.6 Å². The first-order valence-electron chi connectivity index (χ1n) is 8.90. The lowest BCUT2D eigenvalue weighted by atomic mass is 10.2. The monoisotopic (exact) mass is 355 g/mol. The molecule has 7 nitrogen and oxygen atoms in total. The van der Waals surface area contributed by atoms with Gasteiger partial charge < -0.3 is 9.80 Å².